The van der Waals surface area contributed by atoms with E-state index in [9.17, 15) is 9.18 Å². The fourth-order valence-corrected chi connectivity index (χ4v) is 1.73. The Bertz CT molecular complexity index is 418. The monoisotopic (exact) mass is 246 g/mol. The summed E-state index contributed by atoms with van der Waals surface area (Å²) in [5.74, 6) is -0.866. The fourth-order valence-electron chi connectivity index (χ4n) is 1.44. The number of ether oxygens (including phenoxy) is 2. The molecule has 0 saturated carbocycles. The van der Waals surface area contributed by atoms with Gasteiger partial charge in [0.25, 0.3) is 0 Å². The zero-order valence-corrected chi connectivity index (χ0v) is 10.0. The van der Waals surface area contributed by atoms with Crippen molar-refractivity contribution in [2.45, 2.75) is 13.3 Å². The number of rotatable bonds is 4. The molecule has 0 amide bonds. The number of carbonyl (C=O) groups excluding carboxylic acids is 1. The third kappa shape index (κ3) is 2.44. The lowest BCUT2D eigenvalue weighted by Gasteiger charge is -2.12. The maximum Gasteiger partial charge on any atom is 0.208 e. The molecule has 5 heteroatoms. The molecule has 0 saturated heterocycles. The molecule has 0 atom stereocenters. The molecule has 0 radical (unpaired) electrons. The number of ketones is 1. The van der Waals surface area contributed by atoms with Crippen LogP contribution >= 0.6 is 11.6 Å². The normalized spacial score (nSPS) is 10.1. The zero-order valence-electron chi connectivity index (χ0n) is 9.27. The van der Waals surface area contributed by atoms with E-state index < -0.39 is 5.82 Å². The number of carbonyl (C=O) groups is 1. The van der Waals surface area contributed by atoms with E-state index in [2.05, 4.69) is 0 Å². The van der Waals surface area contributed by atoms with Crippen molar-refractivity contribution in [2.24, 2.45) is 0 Å². The highest BCUT2D eigenvalue weighted by atomic mass is 35.5. The van der Waals surface area contributed by atoms with Gasteiger partial charge in [-0.1, -0.05) is 11.6 Å². The van der Waals surface area contributed by atoms with Gasteiger partial charge in [-0.25, -0.2) is 0 Å². The van der Waals surface area contributed by atoms with Gasteiger partial charge in [0.05, 0.1) is 19.2 Å². The molecule has 0 spiro atoms. The van der Waals surface area contributed by atoms with Crippen LogP contribution in [0.2, 0.25) is 5.02 Å². The molecule has 3 nitrogen and oxygen atoms in total. The van der Waals surface area contributed by atoms with Crippen molar-refractivity contribution in [1.82, 2.24) is 0 Å². The number of hydrogen-bond donors (Lipinski definition) is 0. The Hall–Kier alpha value is -1.29. The largest absolute Gasteiger partial charge is 0.493 e. The molecule has 1 aromatic rings. The molecule has 88 valence electrons. The quantitative estimate of drug-likeness (QED) is 0.819. The van der Waals surface area contributed by atoms with Gasteiger partial charge in [-0.05, 0) is 13.0 Å². The Morgan fingerprint density at radius 3 is 2.38 bits per heavy atom. The summed E-state index contributed by atoms with van der Waals surface area (Å²) in [5, 5.41) is 0.122. The molecule has 0 bridgehead atoms. The summed E-state index contributed by atoms with van der Waals surface area (Å²) in [5.41, 5.74) is 0.415. The fraction of sp³-hybridized carbons (Fsp3) is 0.364. The van der Waals surface area contributed by atoms with Crippen LogP contribution in [0, 0.1) is 5.82 Å². The van der Waals surface area contributed by atoms with Crippen LogP contribution in [0.15, 0.2) is 6.07 Å². The summed E-state index contributed by atoms with van der Waals surface area (Å²) >= 11 is 5.82. The van der Waals surface area contributed by atoms with Gasteiger partial charge in [0.15, 0.2) is 11.5 Å². The average Bonchev–Trinajstić information content (AvgIpc) is 2.17. The summed E-state index contributed by atoms with van der Waals surface area (Å²) < 4.78 is 23.5. The third-order valence-corrected chi connectivity index (χ3v) is 2.34. The summed E-state index contributed by atoms with van der Waals surface area (Å²) in [6, 6.07) is 1.48. The van der Waals surface area contributed by atoms with Crippen molar-refractivity contribution < 1.29 is 18.7 Å². The van der Waals surface area contributed by atoms with E-state index in [1.807, 2.05) is 0 Å². The Kier molecular flexibility index (Phi) is 4.12. The lowest BCUT2D eigenvalue weighted by atomic mass is 10.1. The first-order valence-corrected chi connectivity index (χ1v) is 4.97. The van der Waals surface area contributed by atoms with Gasteiger partial charge in [-0.3, -0.25) is 4.79 Å². The molecule has 0 aliphatic carbocycles. The van der Waals surface area contributed by atoms with E-state index in [1.165, 1.54) is 27.2 Å². The Morgan fingerprint density at radius 1 is 1.38 bits per heavy atom. The smallest absolute Gasteiger partial charge is 0.208 e. The second-order valence-electron chi connectivity index (χ2n) is 3.28. The number of halogens is 2. The van der Waals surface area contributed by atoms with Crippen molar-refractivity contribution >= 4 is 17.4 Å². The summed E-state index contributed by atoms with van der Waals surface area (Å²) in [7, 11) is 2.64. The molecule has 16 heavy (non-hydrogen) atoms. The SMILES string of the molecule is COc1c(Cl)cc(CC(C)=O)c(OC)c1F. The van der Waals surface area contributed by atoms with E-state index in [4.69, 9.17) is 21.1 Å². The topological polar surface area (TPSA) is 35.5 Å². The number of benzene rings is 1. The molecular weight excluding hydrogens is 235 g/mol. The van der Waals surface area contributed by atoms with Crippen LogP contribution in [0.3, 0.4) is 0 Å². The van der Waals surface area contributed by atoms with Crippen molar-refractivity contribution in [2.75, 3.05) is 14.2 Å². The first-order valence-electron chi connectivity index (χ1n) is 4.59. The van der Waals surface area contributed by atoms with Gasteiger partial charge in [-0.2, -0.15) is 4.39 Å². The molecule has 0 aliphatic heterocycles. The molecule has 0 fully saturated rings. The van der Waals surface area contributed by atoms with Crippen LogP contribution in [0.25, 0.3) is 0 Å². The van der Waals surface area contributed by atoms with Crippen molar-refractivity contribution in [3.8, 4) is 11.5 Å². The van der Waals surface area contributed by atoms with E-state index in [-0.39, 0.29) is 28.7 Å². The van der Waals surface area contributed by atoms with E-state index >= 15 is 0 Å². The molecule has 0 aliphatic rings. The standard InChI is InChI=1S/C11H12ClFO3/c1-6(14)4-7-5-8(12)11(16-3)9(13)10(7)15-2/h5H,4H2,1-3H3. The summed E-state index contributed by atoms with van der Waals surface area (Å²) in [4.78, 5) is 11.0. The Labute approximate surface area is 98.1 Å². The molecule has 0 N–H and O–H groups in total. The Morgan fingerprint density at radius 2 is 1.94 bits per heavy atom. The maximum atomic E-state index is 13.8. The van der Waals surface area contributed by atoms with Crippen molar-refractivity contribution in [3.63, 3.8) is 0 Å². The highest BCUT2D eigenvalue weighted by molar-refractivity contribution is 6.32. The van der Waals surface area contributed by atoms with Crippen LogP contribution in [-0.4, -0.2) is 20.0 Å². The Balaban J connectivity index is 3.34. The molecule has 1 aromatic carbocycles. The molecule has 0 heterocycles. The van der Waals surface area contributed by atoms with Crippen LogP contribution in [-0.2, 0) is 11.2 Å². The second kappa shape index (κ2) is 5.16. The van der Waals surface area contributed by atoms with Gasteiger partial charge in [-0.15, -0.1) is 0 Å². The first kappa shape index (κ1) is 12.8. The van der Waals surface area contributed by atoms with Gasteiger partial charge < -0.3 is 9.47 Å². The third-order valence-electron chi connectivity index (χ3n) is 2.06. The van der Waals surface area contributed by atoms with E-state index in [0.29, 0.717) is 5.56 Å². The number of hydrogen-bond acceptors (Lipinski definition) is 3. The minimum atomic E-state index is -0.686. The molecule has 0 aromatic heterocycles. The summed E-state index contributed by atoms with van der Waals surface area (Å²) in [6.45, 7) is 1.41. The number of Topliss-reactive ketones (excluding diaryl/α,β-unsaturated/α-hetero) is 1. The van der Waals surface area contributed by atoms with Gasteiger partial charge in [0.2, 0.25) is 5.82 Å². The van der Waals surface area contributed by atoms with Gasteiger partial charge in [0.1, 0.15) is 5.78 Å². The van der Waals surface area contributed by atoms with Crippen LogP contribution in [0.1, 0.15) is 12.5 Å². The lowest BCUT2D eigenvalue weighted by molar-refractivity contribution is -0.116. The van der Waals surface area contributed by atoms with Crippen LogP contribution in [0.5, 0.6) is 11.5 Å². The van der Waals surface area contributed by atoms with Crippen LogP contribution < -0.4 is 9.47 Å². The molecular formula is C11H12ClFO3. The van der Waals surface area contributed by atoms with Crippen LogP contribution in [0.4, 0.5) is 4.39 Å². The van der Waals surface area contributed by atoms with E-state index in [1.54, 1.807) is 0 Å². The predicted octanol–water partition coefficient (Wildman–Crippen LogP) is 2.63. The van der Waals surface area contributed by atoms with E-state index in [0.717, 1.165) is 0 Å². The second-order valence-corrected chi connectivity index (χ2v) is 3.68. The minimum absolute atomic E-state index is 0.00329. The maximum absolute atomic E-state index is 13.8. The van der Waals surface area contributed by atoms with Gasteiger partial charge >= 0.3 is 0 Å². The van der Waals surface area contributed by atoms with Crippen molar-refractivity contribution in [3.05, 3.63) is 22.5 Å². The summed E-state index contributed by atoms with van der Waals surface area (Å²) in [6.07, 6.45) is 0.0732. The molecule has 1 rings (SSSR count). The number of methoxy groups -OCH3 is 2. The lowest BCUT2D eigenvalue weighted by Crippen LogP contribution is -2.03. The molecule has 0 unspecified atom stereocenters. The zero-order chi connectivity index (χ0) is 12.3. The van der Waals surface area contributed by atoms with Crippen molar-refractivity contribution in [1.29, 1.82) is 0 Å². The van der Waals surface area contributed by atoms with Gasteiger partial charge in [0, 0.05) is 12.0 Å². The predicted molar refractivity (Wildman–Crippen MR) is 58.9 cm³/mol. The first-order chi connectivity index (χ1) is 7.51. The minimum Gasteiger partial charge on any atom is -0.493 e. The highest BCUT2D eigenvalue weighted by Gasteiger charge is 2.19. The average molecular weight is 247 g/mol. The highest BCUT2D eigenvalue weighted by Crippen LogP contribution is 2.37.